The van der Waals surface area contributed by atoms with Crippen molar-refractivity contribution in [2.24, 2.45) is 0 Å². The van der Waals surface area contributed by atoms with Crippen molar-refractivity contribution in [3.8, 4) is 17.1 Å². The van der Waals surface area contributed by atoms with Gasteiger partial charge in [-0.05, 0) is 24.3 Å². The molecule has 0 saturated carbocycles. The Morgan fingerprint density at radius 2 is 2.17 bits per heavy atom. The molecular weight excluding hydrogens is 230 g/mol. The van der Waals surface area contributed by atoms with Crippen LogP contribution in [0.2, 0.25) is 0 Å². The van der Waals surface area contributed by atoms with E-state index in [9.17, 15) is 0 Å². The summed E-state index contributed by atoms with van der Waals surface area (Å²) in [6.45, 7) is 4.87. The van der Waals surface area contributed by atoms with E-state index < -0.39 is 0 Å². The minimum Gasteiger partial charge on any atom is -0.497 e. The minimum absolute atomic E-state index is 0.537. The maximum absolute atomic E-state index is 5.13. The van der Waals surface area contributed by atoms with Gasteiger partial charge < -0.3 is 14.6 Å². The summed E-state index contributed by atoms with van der Waals surface area (Å²) in [6.07, 6.45) is 1.78. The van der Waals surface area contributed by atoms with Gasteiger partial charge in [0.2, 0.25) is 11.7 Å². The Hall–Kier alpha value is -2.14. The molecule has 94 valence electrons. The molecule has 0 saturated heterocycles. The fourth-order valence-electron chi connectivity index (χ4n) is 1.47. The van der Waals surface area contributed by atoms with Gasteiger partial charge in [-0.15, -0.1) is 6.58 Å². The molecule has 18 heavy (non-hydrogen) atoms. The van der Waals surface area contributed by atoms with E-state index in [1.807, 2.05) is 24.3 Å². The number of hydrogen-bond acceptors (Lipinski definition) is 5. The van der Waals surface area contributed by atoms with Crippen LogP contribution in [-0.4, -0.2) is 23.8 Å². The third-order valence-corrected chi connectivity index (χ3v) is 2.38. The smallest absolute Gasteiger partial charge is 0.240 e. The number of methoxy groups -OCH3 is 1. The van der Waals surface area contributed by atoms with Crippen LogP contribution in [0.15, 0.2) is 41.4 Å². The molecule has 0 atom stereocenters. The van der Waals surface area contributed by atoms with Gasteiger partial charge in [0.05, 0.1) is 13.7 Å². The van der Waals surface area contributed by atoms with Crippen molar-refractivity contribution in [2.45, 2.75) is 6.54 Å². The van der Waals surface area contributed by atoms with Gasteiger partial charge in [0.25, 0.3) is 0 Å². The molecule has 0 aliphatic carbocycles. The van der Waals surface area contributed by atoms with Crippen molar-refractivity contribution >= 4 is 0 Å². The van der Waals surface area contributed by atoms with Crippen LogP contribution in [0.25, 0.3) is 11.4 Å². The lowest BCUT2D eigenvalue weighted by atomic mass is 10.2. The Kier molecular flexibility index (Phi) is 4.09. The summed E-state index contributed by atoms with van der Waals surface area (Å²) in [7, 11) is 1.63. The number of nitrogens with one attached hydrogen (secondary N) is 1. The van der Waals surface area contributed by atoms with Crippen LogP contribution in [-0.2, 0) is 6.54 Å². The van der Waals surface area contributed by atoms with Crippen LogP contribution in [0.4, 0.5) is 0 Å². The predicted octanol–water partition coefficient (Wildman–Crippen LogP) is 2.02. The monoisotopic (exact) mass is 245 g/mol. The number of ether oxygens (including phenoxy) is 1. The van der Waals surface area contributed by atoms with Crippen LogP contribution >= 0.6 is 0 Å². The van der Waals surface area contributed by atoms with Crippen LogP contribution < -0.4 is 10.1 Å². The second-order valence-electron chi connectivity index (χ2n) is 3.66. The number of nitrogens with zero attached hydrogens (tertiary/aromatic N) is 2. The molecule has 2 rings (SSSR count). The Morgan fingerprint density at radius 3 is 2.83 bits per heavy atom. The normalized spacial score (nSPS) is 10.3. The third kappa shape index (κ3) is 2.95. The molecule has 0 fully saturated rings. The van der Waals surface area contributed by atoms with E-state index in [2.05, 4.69) is 22.0 Å². The second-order valence-corrected chi connectivity index (χ2v) is 3.66. The number of hydrogen-bond donors (Lipinski definition) is 1. The number of benzene rings is 1. The van der Waals surface area contributed by atoms with Crippen molar-refractivity contribution < 1.29 is 9.26 Å². The summed E-state index contributed by atoms with van der Waals surface area (Å²) in [6, 6.07) is 7.51. The van der Waals surface area contributed by atoms with E-state index in [-0.39, 0.29) is 0 Å². The first-order valence-corrected chi connectivity index (χ1v) is 5.62. The molecule has 0 aliphatic heterocycles. The molecule has 0 spiro atoms. The summed E-state index contributed by atoms with van der Waals surface area (Å²) in [5.74, 6) is 1.94. The molecular formula is C13H15N3O2. The summed E-state index contributed by atoms with van der Waals surface area (Å²) >= 11 is 0. The lowest BCUT2D eigenvalue weighted by Crippen LogP contribution is -2.12. The summed E-state index contributed by atoms with van der Waals surface area (Å²) < 4.78 is 10.2. The van der Waals surface area contributed by atoms with E-state index in [0.29, 0.717) is 24.8 Å². The predicted molar refractivity (Wildman–Crippen MR) is 68.2 cm³/mol. The second kappa shape index (κ2) is 5.97. The Balaban J connectivity index is 2.06. The topological polar surface area (TPSA) is 60.2 Å². The fourth-order valence-corrected chi connectivity index (χ4v) is 1.47. The van der Waals surface area contributed by atoms with E-state index in [1.165, 1.54) is 0 Å². The SMILES string of the molecule is C=CCNCc1nc(-c2ccc(OC)cc2)no1. The standard InChI is InChI=1S/C13H15N3O2/c1-3-8-14-9-12-15-13(16-18-12)10-4-6-11(17-2)7-5-10/h3-7,14H,1,8-9H2,2H3. The lowest BCUT2D eigenvalue weighted by Gasteiger charge is -1.99. The van der Waals surface area contributed by atoms with Crippen molar-refractivity contribution in [3.63, 3.8) is 0 Å². The van der Waals surface area contributed by atoms with Gasteiger partial charge in [0, 0.05) is 12.1 Å². The Bertz CT molecular complexity index is 505. The van der Waals surface area contributed by atoms with Gasteiger partial charge in [-0.2, -0.15) is 4.98 Å². The van der Waals surface area contributed by atoms with Crippen LogP contribution in [0.1, 0.15) is 5.89 Å². The first-order valence-electron chi connectivity index (χ1n) is 5.62. The molecule has 5 heteroatoms. The van der Waals surface area contributed by atoms with Crippen LogP contribution in [0.5, 0.6) is 5.75 Å². The minimum atomic E-state index is 0.537. The molecule has 0 unspecified atom stereocenters. The summed E-state index contributed by atoms with van der Waals surface area (Å²) in [4.78, 5) is 4.29. The van der Waals surface area contributed by atoms with Crippen molar-refractivity contribution in [3.05, 3.63) is 42.8 Å². The molecule has 1 aromatic carbocycles. The first kappa shape index (κ1) is 12.3. The maximum atomic E-state index is 5.13. The largest absolute Gasteiger partial charge is 0.497 e. The summed E-state index contributed by atoms with van der Waals surface area (Å²) in [5.41, 5.74) is 0.898. The van der Waals surface area contributed by atoms with Gasteiger partial charge in [0.1, 0.15) is 5.75 Å². The molecule has 1 N–H and O–H groups in total. The first-order chi connectivity index (χ1) is 8.83. The van der Waals surface area contributed by atoms with E-state index in [0.717, 1.165) is 11.3 Å². The van der Waals surface area contributed by atoms with Crippen molar-refractivity contribution in [1.82, 2.24) is 15.5 Å². The molecule has 1 heterocycles. The van der Waals surface area contributed by atoms with Gasteiger partial charge >= 0.3 is 0 Å². The molecule has 1 aromatic heterocycles. The highest BCUT2D eigenvalue weighted by Gasteiger charge is 2.07. The highest BCUT2D eigenvalue weighted by molar-refractivity contribution is 5.55. The Morgan fingerprint density at radius 1 is 1.39 bits per heavy atom. The van der Waals surface area contributed by atoms with E-state index in [4.69, 9.17) is 9.26 Å². The molecule has 0 amide bonds. The van der Waals surface area contributed by atoms with Gasteiger partial charge in [-0.3, -0.25) is 0 Å². The molecule has 0 bridgehead atoms. The van der Waals surface area contributed by atoms with Gasteiger partial charge in [-0.1, -0.05) is 11.2 Å². The Labute approximate surface area is 105 Å². The van der Waals surface area contributed by atoms with Gasteiger partial charge in [-0.25, -0.2) is 0 Å². The van der Waals surface area contributed by atoms with E-state index in [1.54, 1.807) is 13.2 Å². The van der Waals surface area contributed by atoms with E-state index >= 15 is 0 Å². The molecule has 0 aliphatic rings. The number of rotatable bonds is 6. The zero-order chi connectivity index (χ0) is 12.8. The fraction of sp³-hybridized carbons (Fsp3) is 0.231. The molecule has 2 aromatic rings. The van der Waals surface area contributed by atoms with Crippen LogP contribution in [0, 0.1) is 0 Å². The van der Waals surface area contributed by atoms with Crippen molar-refractivity contribution in [1.29, 1.82) is 0 Å². The molecule has 0 radical (unpaired) electrons. The molecule has 5 nitrogen and oxygen atoms in total. The zero-order valence-electron chi connectivity index (χ0n) is 10.2. The maximum Gasteiger partial charge on any atom is 0.240 e. The third-order valence-electron chi connectivity index (χ3n) is 2.38. The van der Waals surface area contributed by atoms with Crippen LogP contribution in [0.3, 0.4) is 0 Å². The highest BCUT2D eigenvalue weighted by atomic mass is 16.5. The quantitative estimate of drug-likeness (QED) is 0.623. The lowest BCUT2D eigenvalue weighted by molar-refractivity contribution is 0.370. The average molecular weight is 245 g/mol. The zero-order valence-corrected chi connectivity index (χ0v) is 10.2. The number of aromatic nitrogens is 2. The van der Waals surface area contributed by atoms with Gasteiger partial charge in [0.15, 0.2) is 0 Å². The summed E-state index contributed by atoms with van der Waals surface area (Å²) in [5, 5.41) is 7.03. The highest BCUT2D eigenvalue weighted by Crippen LogP contribution is 2.19. The average Bonchev–Trinajstić information content (AvgIpc) is 2.88. The van der Waals surface area contributed by atoms with Crippen molar-refractivity contribution in [2.75, 3.05) is 13.7 Å².